The monoisotopic (exact) mass is 204 g/mol. The van der Waals surface area contributed by atoms with Crippen LogP contribution in [0.5, 0.6) is 11.5 Å². The van der Waals surface area contributed by atoms with Gasteiger partial charge in [-0.1, -0.05) is 0 Å². The quantitative estimate of drug-likeness (QED) is 0.724. The zero-order chi connectivity index (χ0) is 10.8. The maximum Gasteiger partial charge on any atom is 0.161 e. The SMILES string of the molecule is COc1cc2c(cc1O)CC(N)=NC=C2. The number of hydrogen-bond acceptors (Lipinski definition) is 4. The van der Waals surface area contributed by atoms with E-state index >= 15 is 0 Å². The Morgan fingerprint density at radius 3 is 3.00 bits per heavy atom. The van der Waals surface area contributed by atoms with E-state index in [1.165, 1.54) is 7.11 Å². The van der Waals surface area contributed by atoms with E-state index < -0.39 is 0 Å². The molecule has 0 saturated carbocycles. The zero-order valence-corrected chi connectivity index (χ0v) is 8.40. The smallest absolute Gasteiger partial charge is 0.161 e. The van der Waals surface area contributed by atoms with Crippen molar-refractivity contribution in [2.75, 3.05) is 7.11 Å². The van der Waals surface area contributed by atoms with Gasteiger partial charge in [0.2, 0.25) is 0 Å². The molecule has 15 heavy (non-hydrogen) atoms. The lowest BCUT2D eigenvalue weighted by atomic mass is 10.0. The zero-order valence-electron chi connectivity index (χ0n) is 8.40. The molecule has 0 saturated heterocycles. The number of phenols is 1. The summed E-state index contributed by atoms with van der Waals surface area (Å²) in [6.07, 6.45) is 4.04. The minimum absolute atomic E-state index is 0.124. The number of methoxy groups -OCH3 is 1. The molecule has 1 aromatic rings. The standard InChI is InChI=1S/C11H12N2O2/c1-15-10-5-7-2-3-13-11(12)6-8(7)4-9(10)14/h2-5,14H,6H2,1H3,(H2,12,13). The summed E-state index contributed by atoms with van der Waals surface area (Å²) < 4.78 is 5.03. The van der Waals surface area contributed by atoms with Gasteiger partial charge in [-0.3, -0.25) is 0 Å². The molecule has 2 rings (SSSR count). The van der Waals surface area contributed by atoms with Gasteiger partial charge < -0.3 is 15.6 Å². The molecule has 1 heterocycles. The number of fused-ring (bicyclic) bond motifs is 1. The Hall–Kier alpha value is -1.97. The van der Waals surface area contributed by atoms with E-state index in [0.29, 0.717) is 18.0 Å². The van der Waals surface area contributed by atoms with Crippen LogP contribution in [0.15, 0.2) is 23.3 Å². The van der Waals surface area contributed by atoms with E-state index in [9.17, 15) is 5.11 Å². The number of amidine groups is 1. The highest BCUT2D eigenvalue weighted by Gasteiger charge is 2.10. The normalized spacial score (nSPS) is 14.1. The fourth-order valence-electron chi connectivity index (χ4n) is 1.55. The van der Waals surface area contributed by atoms with Crippen LogP contribution in [0.3, 0.4) is 0 Å². The molecule has 1 aliphatic heterocycles. The third kappa shape index (κ3) is 1.79. The topological polar surface area (TPSA) is 67.8 Å². The fourth-order valence-corrected chi connectivity index (χ4v) is 1.55. The van der Waals surface area contributed by atoms with Gasteiger partial charge >= 0.3 is 0 Å². The molecule has 0 spiro atoms. The van der Waals surface area contributed by atoms with E-state index in [2.05, 4.69) is 4.99 Å². The molecule has 0 aromatic heterocycles. The van der Waals surface area contributed by atoms with Gasteiger partial charge in [0.1, 0.15) is 5.84 Å². The molecule has 1 aromatic carbocycles. The summed E-state index contributed by atoms with van der Waals surface area (Å²) in [5.74, 6) is 1.12. The van der Waals surface area contributed by atoms with Crippen molar-refractivity contribution in [3.05, 3.63) is 29.5 Å². The first-order valence-electron chi connectivity index (χ1n) is 4.59. The molecule has 1 aliphatic rings. The highest BCUT2D eigenvalue weighted by molar-refractivity contribution is 5.86. The Morgan fingerprint density at radius 1 is 1.47 bits per heavy atom. The van der Waals surface area contributed by atoms with E-state index in [4.69, 9.17) is 10.5 Å². The van der Waals surface area contributed by atoms with Gasteiger partial charge in [-0.05, 0) is 29.3 Å². The summed E-state index contributed by atoms with van der Waals surface area (Å²) in [5, 5.41) is 9.61. The van der Waals surface area contributed by atoms with Crippen molar-refractivity contribution >= 4 is 11.9 Å². The van der Waals surface area contributed by atoms with Crippen LogP contribution in [0.25, 0.3) is 6.08 Å². The molecule has 4 heteroatoms. The summed E-state index contributed by atoms with van der Waals surface area (Å²) in [6.45, 7) is 0. The number of rotatable bonds is 1. The van der Waals surface area contributed by atoms with Crippen LogP contribution in [-0.2, 0) is 6.42 Å². The molecule has 0 bridgehead atoms. The molecular weight excluding hydrogens is 192 g/mol. The van der Waals surface area contributed by atoms with E-state index in [0.717, 1.165) is 11.1 Å². The van der Waals surface area contributed by atoms with E-state index in [1.54, 1.807) is 18.3 Å². The van der Waals surface area contributed by atoms with Gasteiger partial charge in [0, 0.05) is 12.6 Å². The second-order valence-electron chi connectivity index (χ2n) is 3.34. The Kier molecular flexibility index (Phi) is 2.33. The molecule has 4 nitrogen and oxygen atoms in total. The largest absolute Gasteiger partial charge is 0.504 e. The van der Waals surface area contributed by atoms with Crippen molar-refractivity contribution in [1.82, 2.24) is 0 Å². The predicted octanol–water partition coefficient (Wildman–Crippen LogP) is 1.28. The Morgan fingerprint density at radius 2 is 2.27 bits per heavy atom. The van der Waals surface area contributed by atoms with Gasteiger partial charge in [0.05, 0.1) is 7.11 Å². The van der Waals surface area contributed by atoms with Crippen LogP contribution in [0.1, 0.15) is 11.1 Å². The summed E-state index contributed by atoms with van der Waals surface area (Å²) >= 11 is 0. The third-order valence-electron chi connectivity index (χ3n) is 2.31. The van der Waals surface area contributed by atoms with Crippen LogP contribution < -0.4 is 10.5 Å². The lowest BCUT2D eigenvalue weighted by Crippen LogP contribution is -2.14. The number of aromatic hydroxyl groups is 1. The lowest BCUT2D eigenvalue weighted by Gasteiger charge is -2.08. The van der Waals surface area contributed by atoms with Crippen LogP contribution in [0, 0.1) is 0 Å². The molecule has 0 atom stereocenters. The minimum Gasteiger partial charge on any atom is -0.504 e. The molecule has 0 fully saturated rings. The van der Waals surface area contributed by atoms with Gasteiger partial charge in [-0.2, -0.15) is 0 Å². The molecular formula is C11H12N2O2. The summed E-state index contributed by atoms with van der Waals surface area (Å²) in [6, 6.07) is 3.43. The van der Waals surface area contributed by atoms with Crippen molar-refractivity contribution in [1.29, 1.82) is 0 Å². The second kappa shape index (κ2) is 3.65. The fraction of sp³-hybridized carbons (Fsp3) is 0.182. The number of benzene rings is 1. The van der Waals surface area contributed by atoms with Crippen LogP contribution >= 0.6 is 0 Å². The summed E-state index contributed by atoms with van der Waals surface area (Å²) in [7, 11) is 1.52. The molecule has 3 N–H and O–H groups in total. The first kappa shape index (κ1) is 9.58. The van der Waals surface area contributed by atoms with Crippen molar-refractivity contribution in [2.24, 2.45) is 10.7 Å². The maximum atomic E-state index is 9.61. The minimum atomic E-state index is 0.124. The Bertz CT molecular complexity index is 450. The Labute approximate surface area is 87.7 Å². The highest BCUT2D eigenvalue weighted by Crippen LogP contribution is 2.31. The second-order valence-corrected chi connectivity index (χ2v) is 3.34. The predicted molar refractivity (Wildman–Crippen MR) is 59.0 cm³/mol. The van der Waals surface area contributed by atoms with E-state index in [-0.39, 0.29) is 5.75 Å². The van der Waals surface area contributed by atoms with Crippen molar-refractivity contribution in [3.63, 3.8) is 0 Å². The number of nitrogens with zero attached hydrogens (tertiary/aromatic N) is 1. The molecule has 0 amide bonds. The first-order chi connectivity index (χ1) is 7.20. The van der Waals surface area contributed by atoms with Crippen LogP contribution in [0.2, 0.25) is 0 Å². The number of aliphatic imine (C=N–C) groups is 1. The number of hydrogen-bond donors (Lipinski definition) is 2. The van der Waals surface area contributed by atoms with Crippen molar-refractivity contribution in [3.8, 4) is 11.5 Å². The maximum absolute atomic E-state index is 9.61. The molecule has 78 valence electrons. The van der Waals surface area contributed by atoms with Gasteiger partial charge in [0.15, 0.2) is 11.5 Å². The molecule has 0 radical (unpaired) electrons. The number of phenolic OH excluding ortho intramolecular Hbond substituents is 1. The van der Waals surface area contributed by atoms with Gasteiger partial charge in [0.25, 0.3) is 0 Å². The van der Waals surface area contributed by atoms with Crippen molar-refractivity contribution < 1.29 is 9.84 Å². The molecule has 0 unspecified atom stereocenters. The first-order valence-corrected chi connectivity index (χ1v) is 4.59. The third-order valence-corrected chi connectivity index (χ3v) is 2.31. The van der Waals surface area contributed by atoms with Gasteiger partial charge in [-0.15, -0.1) is 0 Å². The Balaban J connectivity index is 2.52. The van der Waals surface area contributed by atoms with Crippen LogP contribution in [-0.4, -0.2) is 18.1 Å². The van der Waals surface area contributed by atoms with Gasteiger partial charge in [-0.25, -0.2) is 4.99 Å². The number of nitrogens with two attached hydrogens (primary N) is 1. The number of ether oxygens (including phenoxy) is 1. The highest BCUT2D eigenvalue weighted by atomic mass is 16.5. The van der Waals surface area contributed by atoms with Crippen LogP contribution in [0.4, 0.5) is 0 Å². The average Bonchev–Trinajstić information content (AvgIpc) is 2.37. The average molecular weight is 204 g/mol. The summed E-state index contributed by atoms with van der Waals surface area (Å²) in [5.41, 5.74) is 7.57. The van der Waals surface area contributed by atoms with E-state index in [1.807, 2.05) is 6.08 Å². The van der Waals surface area contributed by atoms with Crippen molar-refractivity contribution in [2.45, 2.75) is 6.42 Å². The molecule has 0 aliphatic carbocycles. The summed E-state index contributed by atoms with van der Waals surface area (Å²) in [4.78, 5) is 4.01. The lowest BCUT2D eigenvalue weighted by molar-refractivity contribution is 0.373.